The van der Waals surface area contributed by atoms with Crippen LogP contribution in [-0.4, -0.2) is 10.8 Å². The monoisotopic (exact) mass is 249 g/mol. The molecule has 2 nitrogen and oxygen atoms in total. The highest BCUT2D eigenvalue weighted by Crippen LogP contribution is 2.40. The van der Waals surface area contributed by atoms with Crippen LogP contribution in [0.15, 0.2) is 36.5 Å². The van der Waals surface area contributed by atoms with E-state index in [1.165, 1.54) is 22.4 Å². The van der Waals surface area contributed by atoms with Crippen LogP contribution in [0.1, 0.15) is 51.5 Å². The van der Waals surface area contributed by atoms with E-state index in [9.17, 15) is 4.79 Å². The zero-order valence-corrected chi connectivity index (χ0v) is 10.7. The Morgan fingerprint density at radius 1 is 1.05 bits per heavy atom. The molecule has 1 aromatic heterocycles. The number of hydrogen-bond acceptors (Lipinski definition) is 2. The lowest BCUT2D eigenvalue weighted by molar-refractivity contribution is 0.0994. The van der Waals surface area contributed by atoms with Gasteiger partial charge in [0.25, 0.3) is 0 Å². The van der Waals surface area contributed by atoms with Crippen molar-refractivity contribution in [1.82, 2.24) is 4.98 Å². The van der Waals surface area contributed by atoms with Crippen molar-refractivity contribution < 1.29 is 4.79 Å². The van der Waals surface area contributed by atoms with Gasteiger partial charge in [0.1, 0.15) is 0 Å². The summed E-state index contributed by atoms with van der Waals surface area (Å²) < 4.78 is 0. The molecule has 4 rings (SSSR count). The SMILES string of the molecule is O=C1CCc2c1cccc2C1CCc2cccnc21. The van der Waals surface area contributed by atoms with Gasteiger partial charge in [0.15, 0.2) is 5.78 Å². The Morgan fingerprint density at radius 2 is 2.00 bits per heavy atom. The standard InChI is InChI=1S/C17H15NO/c19-16-9-8-13-12(4-1-5-14(13)16)15-7-6-11-3-2-10-18-17(11)15/h1-5,10,15H,6-9H2. The van der Waals surface area contributed by atoms with Crippen LogP contribution < -0.4 is 0 Å². The molecule has 0 saturated carbocycles. The van der Waals surface area contributed by atoms with Crippen LogP contribution in [-0.2, 0) is 12.8 Å². The normalized spacial score (nSPS) is 20.4. The lowest BCUT2D eigenvalue weighted by Gasteiger charge is -2.15. The van der Waals surface area contributed by atoms with Gasteiger partial charge < -0.3 is 0 Å². The second-order valence-electron chi connectivity index (χ2n) is 5.44. The molecular weight excluding hydrogens is 234 g/mol. The van der Waals surface area contributed by atoms with Crippen molar-refractivity contribution in [2.75, 3.05) is 0 Å². The van der Waals surface area contributed by atoms with Crippen LogP contribution in [0.2, 0.25) is 0 Å². The van der Waals surface area contributed by atoms with Crippen LogP contribution in [0.5, 0.6) is 0 Å². The van der Waals surface area contributed by atoms with Gasteiger partial charge >= 0.3 is 0 Å². The molecule has 1 unspecified atom stereocenters. The van der Waals surface area contributed by atoms with Crippen LogP contribution in [0, 0.1) is 0 Å². The van der Waals surface area contributed by atoms with Crippen LogP contribution in [0.25, 0.3) is 0 Å². The fraction of sp³-hybridized carbons (Fsp3) is 0.294. The van der Waals surface area contributed by atoms with Crippen LogP contribution in [0.4, 0.5) is 0 Å². The third kappa shape index (κ3) is 1.56. The second-order valence-corrected chi connectivity index (χ2v) is 5.44. The molecule has 0 amide bonds. The molecule has 0 aliphatic heterocycles. The summed E-state index contributed by atoms with van der Waals surface area (Å²) in [5.41, 5.74) is 6.14. The first-order valence-electron chi connectivity index (χ1n) is 6.93. The number of benzene rings is 1. The predicted molar refractivity (Wildman–Crippen MR) is 73.5 cm³/mol. The molecule has 2 aliphatic carbocycles. The minimum Gasteiger partial charge on any atom is -0.294 e. The number of rotatable bonds is 1. The van der Waals surface area contributed by atoms with E-state index in [0.29, 0.717) is 18.1 Å². The highest BCUT2D eigenvalue weighted by Gasteiger charge is 2.30. The van der Waals surface area contributed by atoms with E-state index < -0.39 is 0 Å². The number of Topliss-reactive ketones (excluding diaryl/α,β-unsaturated/α-hetero) is 1. The zero-order valence-electron chi connectivity index (χ0n) is 10.7. The maximum Gasteiger partial charge on any atom is 0.163 e. The number of ketones is 1. The van der Waals surface area contributed by atoms with Crippen molar-refractivity contribution in [1.29, 1.82) is 0 Å². The maximum absolute atomic E-state index is 11.9. The van der Waals surface area contributed by atoms with E-state index in [1.54, 1.807) is 0 Å². The van der Waals surface area contributed by atoms with E-state index in [1.807, 2.05) is 24.4 Å². The van der Waals surface area contributed by atoms with Gasteiger partial charge in [-0.15, -0.1) is 0 Å². The first-order chi connectivity index (χ1) is 9.34. The average molecular weight is 249 g/mol. The minimum atomic E-state index is 0.302. The molecule has 1 aromatic carbocycles. The first kappa shape index (κ1) is 10.9. The summed E-state index contributed by atoms with van der Waals surface area (Å²) in [5, 5.41) is 0. The Balaban J connectivity index is 1.86. The Bertz CT molecular complexity index is 675. The van der Waals surface area contributed by atoms with Crippen molar-refractivity contribution >= 4 is 5.78 Å². The van der Waals surface area contributed by atoms with Gasteiger partial charge in [0.05, 0.1) is 5.69 Å². The second kappa shape index (κ2) is 4.02. The summed E-state index contributed by atoms with van der Waals surface area (Å²) in [6.45, 7) is 0. The summed E-state index contributed by atoms with van der Waals surface area (Å²) in [6.07, 6.45) is 5.69. The molecule has 2 aliphatic rings. The summed E-state index contributed by atoms with van der Waals surface area (Å²) in [7, 11) is 0. The van der Waals surface area contributed by atoms with Crippen LogP contribution in [0.3, 0.4) is 0 Å². The van der Waals surface area contributed by atoms with E-state index in [0.717, 1.165) is 24.8 Å². The quantitative estimate of drug-likeness (QED) is 0.776. The third-order valence-corrected chi connectivity index (χ3v) is 4.45. The Kier molecular flexibility index (Phi) is 2.31. The van der Waals surface area contributed by atoms with Gasteiger partial charge in [-0.3, -0.25) is 9.78 Å². The van der Waals surface area contributed by atoms with Gasteiger partial charge in [-0.25, -0.2) is 0 Å². The molecule has 0 bridgehead atoms. The van der Waals surface area contributed by atoms with Crippen molar-refractivity contribution in [3.63, 3.8) is 0 Å². The van der Waals surface area contributed by atoms with Crippen molar-refractivity contribution in [3.8, 4) is 0 Å². The van der Waals surface area contributed by atoms with E-state index in [2.05, 4.69) is 17.1 Å². The smallest absolute Gasteiger partial charge is 0.163 e. The largest absolute Gasteiger partial charge is 0.294 e. The lowest BCUT2D eigenvalue weighted by Crippen LogP contribution is -2.03. The highest BCUT2D eigenvalue weighted by molar-refractivity contribution is 6.00. The van der Waals surface area contributed by atoms with Gasteiger partial charge in [-0.1, -0.05) is 24.3 Å². The minimum absolute atomic E-state index is 0.302. The van der Waals surface area contributed by atoms with Crippen molar-refractivity contribution in [3.05, 3.63) is 64.5 Å². The third-order valence-electron chi connectivity index (χ3n) is 4.45. The van der Waals surface area contributed by atoms with Gasteiger partial charge in [0, 0.05) is 24.1 Å². The summed E-state index contributed by atoms with van der Waals surface area (Å²) in [5.74, 6) is 0.688. The first-order valence-corrected chi connectivity index (χ1v) is 6.93. The number of fused-ring (bicyclic) bond motifs is 2. The number of hydrogen-bond donors (Lipinski definition) is 0. The molecule has 2 heteroatoms. The Morgan fingerprint density at radius 3 is 2.95 bits per heavy atom. The summed E-state index contributed by atoms with van der Waals surface area (Å²) in [6, 6.07) is 10.4. The summed E-state index contributed by atoms with van der Waals surface area (Å²) in [4.78, 5) is 16.4. The molecule has 0 N–H and O–H groups in total. The molecule has 19 heavy (non-hydrogen) atoms. The molecule has 0 spiro atoms. The number of carbonyl (C=O) groups excluding carboxylic acids is 1. The molecule has 0 saturated heterocycles. The molecule has 1 heterocycles. The topological polar surface area (TPSA) is 30.0 Å². The Hall–Kier alpha value is -1.96. The highest BCUT2D eigenvalue weighted by atomic mass is 16.1. The maximum atomic E-state index is 11.9. The fourth-order valence-electron chi connectivity index (χ4n) is 3.56. The van der Waals surface area contributed by atoms with Crippen molar-refractivity contribution in [2.24, 2.45) is 0 Å². The number of nitrogens with zero attached hydrogens (tertiary/aromatic N) is 1. The number of carbonyl (C=O) groups is 1. The fourth-order valence-corrected chi connectivity index (χ4v) is 3.56. The summed E-state index contributed by atoms with van der Waals surface area (Å²) >= 11 is 0. The molecule has 94 valence electrons. The number of aryl methyl sites for hydroxylation is 1. The predicted octanol–water partition coefficient (Wildman–Crippen LogP) is 3.29. The molecular formula is C17H15NO. The van der Waals surface area contributed by atoms with Crippen molar-refractivity contribution in [2.45, 2.75) is 31.6 Å². The Labute approximate surface area is 112 Å². The molecule has 0 fully saturated rings. The van der Waals surface area contributed by atoms with E-state index in [4.69, 9.17) is 0 Å². The molecule has 1 atom stereocenters. The van der Waals surface area contributed by atoms with Gasteiger partial charge in [0.2, 0.25) is 0 Å². The average Bonchev–Trinajstić information content (AvgIpc) is 3.03. The zero-order chi connectivity index (χ0) is 12.8. The number of aromatic nitrogens is 1. The molecule has 0 radical (unpaired) electrons. The lowest BCUT2D eigenvalue weighted by atomic mass is 9.90. The van der Waals surface area contributed by atoms with E-state index >= 15 is 0 Å². The molecule has 2 aromatic rings. The van der Waals surface area contributed by atoms with Crippen LogP contribution >= 0.6 is 0 Å². The number of pyridine rings is 1. The van der Waals surface area contributed by atoms with Gasteiger partial charge in [-0.05, 0) is 42.0 Å². The van der Waals surface area contributed by atoms with E-state index in [-0.39, 0.29) is 0 Å². The van der Waals surface area contributed by atoms with Gasteiger partial charge in [-0.2, -0.15) is 0 Å².